The van der Waals surface area contributed by atoms with E-state index in [0.29, 0.717) is 5.69 Å². The van der Waals surface area contributed by atoms with E-state index in [1.54, 1.807) is 24.3 Å². The Morgan fingerprint density at radius 2 is 1.85 bits per heavy atom. The number of carbonyl (C=O) groups is 3. The number of aryl methyl sites for hydroxylation is 1. The molecule has 1 N–H and O–H groups in total. The maximum absolute atomic E-state index is 12.5. The minimum atomic E-state index is -0.521. The number of para-hydroxylation sites is 1. The first-order chi connectivity index (χ1) is 12.5. The van der Waals surface area contributed by atoms with Crippen LogP contribution in [0, 0.1) is 13.8 Å². The van der Waals surface area contributed by atoms with E-state index < -0.39 is 5.25 Å². The van der Waals surface area contributed by atoms with E-state index in [4.69, 9.17) is 0 Å². The first-order valence-electron chi connectivity index (χ1n) is 8.37. The highest BCUT2D eigenvalue weighted by molar-refractivity contribution is 8.01. The minimum Gasteiger partial charge on any atom is -0.325 e. The summed E-state index contributed by atoms with van der Waals surface area (Å²) < 4.78 is 0. The Kier molecular flexibility index (Phi) is 5.42. The molecule has 1 fully saturated rings. The number of benzene rings is 2. The van der Waals surface area contributed by atoms with Gasteiger partial charge in [0, 0.05) is 12.1 Å². The topological polar surface area (TPSA) is 66.5 Å². The lowest BCUT2D eigenvalue weighted by Gasteiger charge is -2.15. The maximum Gasteiger partial charge on any atom is 0.247 e. The van der Waals surface area contributed by atoms with Crippen molar-refractivity contribution in [1.82, 2.24) is 0 Å². The third kappa shape index (κ3) is 3.80. The average molecular weight is 368 g/mol. The number of hydrogen-bond donors (Lipinski definition) is 1. The molecule has 26 heavy (non-hydrogen) atoms. The largest absolute Gasteiger partial charge is 0.325 e. The molecule has 1 heterocycles. The molecular formula is C20H20N2O3S. The van der Waals surface area contributed by atoms with E-state index in [9.17, 15) is 14.4 Å². The molecule has 1 aliphatic rings. The summed E-state index contributed by atoms with van der Waals surface area (Å²) >= 11 is 1.21. The van der Waals surface area contributed by atoms with Gasteiger partial charge in [0.15, 0.2) is 0 Å². The van der Waals surface area contributed by atoms with Crippen LogP contribution in [0.1, 0.15) is 17.5 Å². The second kappa shape index (κ2) is 7.74. The Hall–Kier alpha value is -2.60. The Morgan fingerprint density at radius 3 is 2.58 bits per heavy atom. The lowest BCUT2D eigenvalue weighted by Crippen LogP contribution is -2.31. The molecule has 1 saturated heterocycles. The molecule has 0 unspecified atom stereocenters. The Labute approximate surface area is 156 Å². The number of anilines is 2. The van der Waals surface area contributed by atoms with Crippen LogP contribution in [0.4, 0.5) is 11.4 Å². The quantitative estimate of drug-likeness (QED) is 0.823. The minimum absolute atomic E-state index is 0.120. The Balaban J connectivity index is 1.60. The Bertz CT molecular complexity index is 851. The van der Waals surface area contributed by atoms with Crippen LogP contribution in [0.5, 0.6) is 0 Å². The van der Waals surface area contributed by atoms with Gasteiger partial charge in [-0.3, -0.25) is 14.4 Å². The number of imide groups is 1. The van der Waals surface area contributed by atoms with Gasteiger partial charge in [0.1, 0.15) is 0 Å². The summed E-state index contributed by atoms with van der Waals surface area (Å²) in [5.41, 5.74) is 3.47. The van der Waals surface area contributed by atoms with E-state index in [1.165, 1.54) is 16.7 Å². The monoisotopic (exact) mass is 368 g/mol. The van der Waals surface area contributed by atoms with Crippen LogP contribution < -0.4 is 10.2 Å². The molecule has 0 saturated carbocycles. The number of nitrogens with zero attached hydrogens (tertiary/aromatic N) is 1. The standard InChI is InChI=1S/C20H20N2O3S/c1-13-7-6-10-16(14(13)2)21-18(23)12-26-17-11-19(24)22(20(17)25)15-8-4-3-5-9-15/h3-10,17H,11-12H2,1-2H3,(H,21,23)/t17-/m1/s1. The van der Waals surface area contributed by atoms with E-state index in [2.05, 4.69) is 5.32 Å². The zero-order valence-electron chi connectivity index (χ0n) is 14.7. The SMILES string of the molecule is Cc1cccc(NC(=O)CS[C@@H]2CC(=O)N(c3ccccc3)C2=O)c1C. The number of hydrogen-bond acceptors (Lipinski definition) is 4. The van der Waals surface area contributed by atoms with Crippen molar-refractivity contribution < 1.29 is 14.4 Å². The fourth-order valence-corrected chi connectivity index (χ4v) is 3.76. The molecule has 3 amide bonds. The lowest BCUT2D eigenvalue weighted by molar-refractivity contribution is -0.121. The average Bonchev–Trinajstić information content (AvgIpc) is 2.91. The van der Waals surface area contributed by atoms with Crippen molar-refractivity contribution in [3.8, 4) is 0 Å². The van der Waals surface area contributed by atoms with Crippen molar-refractivity contribution in [3.63, 3.8) is 0 Å². The second-order valence-corrected chi connectivity index (χ2v) is 7.39. The number of rotatable bonds is 5. The van der Waals surface area contributed by atoms with Crippen LogP contribution in [-0.2, 0) is 14.4 Å². The molecule has 0 bridgehead atoms. The first-order valence-corrected chi connectivity index (χ1v) is 9.42. The zero-order chi connectivity index (χ0) is 18.7. The van der Waals surface area contributed by atoms with Crippen LogP contribution in [0.25, 0.3) is 0 Å². The fraction of sp³-hybridized carbons (Fsp3) is 0.250. The van der Waals surface area contributed by atoms with Crippen LogP contribution in [0.2, 0.25) is 0 Å². The van der Waals surface area contributed by atoms with E-state index in [0.717, 1.165) is 16.8 Å². The van der Waals surface area contributed by atoms with Gasteiger partial charge >= 0.3 is 0 Å². The van der Waals surface area contributed by atoms with Crippen molar-refractivity contribution in [2.24, 2.45) is 0 Å². The molecule has 0 aliphatic carbocycles. The Morgan fingerprint density at radius 1 is 1.12 bits per heavy atom. The maximum atomic E-state index is 12.5. The molecule has 5 nitrogen and oxygen atoms in total. The highest BCUT2D eigenvalue weighted by atomic mass is 32.2. The van der Waals surface area contributed by atoms with Gasteiger partial charge in [-0.15, -0.1) is 11.8 Å². The number of amides is 3. The fourth-order valence-electron chi connectivity index (χ4n) is 2.83. The molecule has 0 aromatic heterocycles. The van der Waals surface area contributed by atoms with Gasteiger partial charge in [0.2, 0.25) is 17.7 Å². The van der Waals surface area contributed by atoms with Crippen LogP contribution in [0.15, 0.2) is 48.5 Å². The van der Waals surface area contributed by atoms with Gasteiger partial charge in [-0.2, -0.15) is 0 Å². The third-order valence-electron chi connectivity index (χ3n) is 4.41. The number of nitrogens with one attached hydrogen (secondary N) is 1. The molecule has 1 atom stereocenters. The summed E-state index contributed by atoms with van der Waals surface area (Å²) in [4.78, 5) is 38.2. The van der Waals surface area contributed by atoms with Crippen LogP contribution in [-0.4, -0.2) is 28.7 Å². The summed E-state index contributed by atoms with van der Waals surface area (Å²) in [6, 6.07) is 14.6. The summed E-state index contributed by atoms with van der Waals surface area (Å²) in [6.07, 6.45) is 0.120. The van der Waals surface area contributed by atoms with Gasteiger partial charge < -0.3 is 5.32 Å². The molecule has 1 aliphatic heterocycles. The molecule has 0 radical (unpaired) electrons. The lowest BCUT2D eigenvalue weighted by atomic mass is 10.1. The summed E-state index contributed by atoms with van der Waals surface area (Å²) in [5, 5.41) is 2.35. The smallest absolute Gasteiger partial charge is 0.247 e. The highest BCUT2D eigenvalue weighted by Crippen LogP contribution is 2.29. The number of thioether (sulfide) groups is 1. The molecule has 6 heteroatoms. The van der Waals surface area contributed by atoms with Gasteiger partial charge in [-0.25, -0.2) is 4.90 Å². The zero-order valence-corrected chi connectivity index (χ0v) is 15.5. The van der Waals surface area contributed by atoms with Gasteiger partial charge in [-0.1, -0.05) is 30.3 Å². The molecule has 3 rings (SSSR count). The van der Waals surface area contributed by atoms with Gasteiger partial charge in [-0.05, 0) is 43.2 Å². The van der Waals surface area contributed by atoms with Gasteiger partial charge in [0.05, 0.1) is 16.7 Å². The summed E-state index contributed by atoms with van der Waals surface area (Å²) in [5.74, 6) is -0.541. The van der Waals surface area contributed by atoms with E-state index in [-0.39, 0.29) is 29.9 Å². The van der Waals surface area contributed by atoms with Crippen molar-refractivity contribution in [1.29, 1.82) is 0 Å². The van der Waals surface area contributed by atoms with Crippen molar-refractivity contribution >= 4 is 40.9 Å². The van der Waals surface area contributed by atoms with Crippen LogP contribution >= 0.6 is 11.8 Å². The van der Waals surface area contributed by atoms with Crippen LogP contribution in [0.3, 0.4) is 0 Å². The molecule has 2 aromatic rings. The van der Waals surface area contributed by atoms with Crippen molar-refractivity contribution in [2.45, 2.75) is 25.5 Å². The number of carbonyl (C=O) groups excluding carboxylic acids is 3. The first kappa shape index (κ1) is 18.2. The van der Waals surface area contributed by atoms with Crippen molar-refractivity contribution in [3.05, 3.63) is 59.7 Å². The molecule has 2 aromatic carbocycles. The van der Waals surface area contributed by atoms with E-state index in [1.807, 2.05) is 38.1 Å². The van der Waals surface area contributed by atoms with Crippen molar-refractivity contribution in [2.75, 3.05) is 16.0 Å². The molecule has 134 valence electrons. The normalized spacial score (nSPS) is 16.8. The predicted octanol–water partition coefficient (Wildman–Crippen LogP) is 3.31. The van der Waals surface area contributed by atoms with E-state index >= 15 is 0 Å². The highest BCUT2D eigenvalue weighted by Gasteiger charge is 2.39. The molecule has 0 spiro atoms. The molecular weight excluding hydrogens is 348 g/mol. The summed E-state index contributed by atoms with van der Waals surface area (Å²) in [7, 11) is 0. The summed E-state index contributed by atoms with van der Waals surface area (Å²) in [6.45, 7) is 3.94. The third-order valence-corrected chi connectivity index (χ3v) is 5.61. The second-order valence-electron chi connectivity index (χ2n) is 6.20. The van der Waals surface area contributed by atoms with Gasteiger partial charge in [0.25, 0.3) is 0 Å². The predicted molar refractivity (Wildman–Crippen MR) is 104 cm³/mol.